The Bertz CT molecular complexity index is 372. The summed E-state index contributed by atoms with van der Waals surface area (Å²) >= 11 is 1.19. The van der Waals surface area contributed by atoms with Crippen molar-refractivity contribution in [2.24, 2.45) is 5.92 Å². The molecule has 0 spiro atoms. The van der Waals surface area contributed by atoms with Crippen LogP contribution < -0.4 is 5.32 Å². The lowest BCUT2D eigenvalue weighted by molar-refractivity contribution is 0.0696. The minimum Gasteiger partial charge on any atom is -0.476 e. The highest BCUT2D eigenvalue weighted by atomic mass is 32.1. The number of rotatable bonds is 6. The normalized spacial score (nSPS) is 16.5. The summed E-state index contributed by atoms with van der Waals surface area (Å²) in [4.78, 5) is 14.7. The van der Waals surface area contributed by atoms with Crippen molar-refractivity contribution in [3.8, 4) is 0 Å². The zero-order chi connectivity index (χ0) is 12.1. The van der Waals surface area contributed by atoms with Crippen LogP contribution in [0.2, 0.25) is 0 Å². The number of carbonyl (C=O) groups is 1. The number of aromatic nitrogens is 1. The van der Waals surface area contributed by atoms with Crippen LogP contribution in [-0.4, -0.2) is 22.6 Å². The van der Waals surface area contributed by atoms with Gasteiger partial charge in [0.05, 0.1) is 5.69 Å². The number of thiazole rings is 1. The Balaban J connectivity index is 1.65. The third-order valence-corrected chi connectivity index (χ3v) is 4.12. The number of nitrogens with zero attached hydrogens (tertiary/aromatic N) is 1. The van der Waals surface area contributed by atoms with Crippen molar-refractivity contribution in [2.75, 3.05) is 6.54 Å². The molecule has 2 N–H and O–H groups in total. The Hall–Kier alpha value is -0.940. The number of hydrogen-bond acceptors (Lipinski definition) is 4. The zero-order valence-corrected chi connectivity index (χ0v) is 10.6. The summed E-state index contributed by atoms with van der Waals surface area (Å²) in [6.45, 7) is 1.68. The largest absolute Gasteiger partial charge is 0.476 e. The summed E-state index contributed by atoms with van der Waals surface area (Å²) in [7, 11) is 0. The smallest absolute Gasteiger partial charge is 0.365 e. The molecule has 1 aromatic heterocycles. The van der Waals surface area contributed by atoms with Crippen molar-refractivity contribution in [1.29, 1.82) is 0 Å². The van der Waals surface area contributed by atoms with Gasteiger partial charge in [-0.3, -0.25) is 0 Å². The number of nitrogens with one attached hydrogen (secondary N) is 1. The fourth-order valence-corrected chi connectivity index (χ4v) is 2.96. The molecule has 1 aliphatic carbocycles. The maximum atomic E-state index is 10.6. The summed E-state index contributed by atoms with van der Waals surface area (Å²) in [6.07, 6.45) is 6.76. The van der Waals surface area contributed by atoms with Gasteiger partial charge in [-0.25, -0.2) is 9.78 Å². The molecule has 1 heterocycles. The van der Waals surface area contributed by atoms with Gasteiger partial charge in [0.25, 0.3) is 0 Å². The molecule has 0 radical (unpaired) electrons. The van der Waals surface area contributed by atoms with Crippen LogP contribution in [0.4, 0.5) is 0 Å². The second kappa shape index (κ2) is 6.12. The Kier molecular flexibility index (Phi) is 4.50. The van der Waals surface area contributed by atoms with E-state index in [1.807, 2.05) is 5.38 Å². The van der Waals surface area contributed by atoms with Crippen molar-refractivity contribution < 1.29 is 9.90 Å². The summed E-state index contributed by atoms with van der Waals surface area (Å²) in [6, 6.07) is 0. The topological polar surface area (TPSA) is 62.2 Å². The van der Waals surface area contributed by atoms with Gasteiger partial charge in [0.2, 0.25) is 5.01 Å². The molecule has 5 heteroatoms. The highest BCUT2D eigenvalue weighted by Crippen LogP contribution is 2.26. The summed E-state index contributed by atoms with van der Waals surface area (Å²) in [5, 5.41) is 14.1. The van der Waals surface area contributed by atoms with E-state index in [-0.39, 0.29) is 5.01 Å². The SMILES string of the molecule is O=C(O)c1nc(CNCCC2CCCC2)cs1. The Morgan fingerprint density at radius 3 is 2.94 bits per heavy atom. The van der Waals surface area contributed by atoms with Crippen LogP contribution in [0.15, 0.2) is 5.38 Å². The van der Waals surface area contributed by atoms with Crippen molar-refractivity contribution in [3.63, 3.8) is 0 Å². The highest BCUT2D eigenvalue weighted by Gasteiger charge is 2.14. The number of aromatic carboxylic acids is 1. The van der Waals surface area contributed by atoms with E-state index in [9.17, 15) is 4.79 Å². The fraction of sp³-hybridized carbons (Fsp3) is 0.667. The lowest BCUT2D eigenvalue weighted by Gasteiger charge is -2.08. The van der Waals surface area contributed by atoms with Crippen LogP contribution in [0.3, 0.4) is 0 Å². The molecule has 2 rings (SSSR count). The van der Waals surface area contributed by atoms with Gasteiger partial charge in [-0.15, -0.1) is 11.3 Å². The van der Waals surface area contributed by atoms with Crippen molar-refractivity contribution >= 4 is 17.3 Å². The minimum absolute atomic E-state index is 0.178. The molecule has 1 aliphatic rings. The van der Waals surface area contributed by atoms with Gasteiger partial charge >= 0.3 is 5.97 Å². The van der Waals surface area contributed by atoms with E-state index in [2.05, 4.69) is 10.3 Å². The highest BCUT2D eigenvalue weighted by molar-refractivity contribution is 7.11. The standard InChI is InChI=1S/C12H18N2O2S/c15-12(16)11-14-10(8-17-11)7-13-6-5-9-3-1-2-4-9/h8-9,13H,1-7H2,(H,15,16). The van der Waals surface area contributed by atoms with Crippen LogP contribution in [0.25, 0.3) is 0 Å². The van der Waals surface area contributed by atoms with Gasteiger partial charge in [0.15, 0.2) is 0 Å². The molecule has 1 fully saturated rings. The first kappa shape index (κ1) is 12.5. The first-order valence-electron chi connectivity index (χ1n) is 6.14. The van der Waals surface area contributed by atoms with Gasteiger partial charge in [-0.2, -0.15) is 0 Å². The van der Waals surface area contributed by atoms with Crippen molar-refractivity contribution in [3.05, 3.63) is 16.1 Å². The summed E-state index contributed by atoms with van der Waals surface area (Å²) < 4.78 is 0. The average molecular weight is 254 g/mol. The second-order valence-electron chi connectivity index (χ2n) is 4.57. The second-order valence-corrected chi connectivity index (χ2v) is 5.42. The maximum absolute atomic E-state index is 10.6. The minimum atomic E-state index is -0.938. The van der Waals surface area contributed by atoms with E-state index in [4.69, 9.17) is 5.11 Å². The van der Waals surface area contributed by atoms with Crippen LogP contribution in [0, 0.1) is 5.92 Å². The van der Waals surface area contributed by atoms with Gasteiger partial charge in [-0.05, 0) is 18.9 Å². The van der Waals surface area contributed by atoms with E-state index in [1.54, 1.807) is 0 Å². The third kappa shape index (κ3) is 3.78. The molecule has 0 bridgehead atoms. The van der Waals surface area contributed by atoms with Crippen molar-refractivity contribution in [1.82, 2.24) is 10.3 Å². The van der Waals surface area contributed by atoms with E-state index in [0.29, 0.717) is 6.54 Å². The summed E-state index contributed by atoms with van der Waals surface area (Å²) in [5.41, 5.74) is 0.832. The summed E-state index contributed by atoms with van der Waals surface area (Å²) in [5.74, 6) is -0.0419. The number of carboxylic acid groups (broad SMARTS) is 1. The molecule has 94 valence electrons. The van der Waals surface area contributed by atoms with Gasteiger partial charge in [-0.1, -0.05) is 25.7 Å². The number of carboxylic acids is 1. The molecule has 0 aromatic carbocycles. The molecule has 1 aromatic rings. The molecular weight excluding hydrogens is 236 g/mol. The lowest BCUT2D eigenvalue weighted by Crippen LogP contribution is -2.17. The zero-order valence-electron chi connectivity index (χ0n) is 9.82. The first-order valence-corrected chi connectivity index (χ1v) is 7.02. The molecule has 4 nitrogen and oxygen atoms in total. The fourth-order valence-electron chi connectivity index (χ4n) is 2.31. The average Bonchev–Trinajstić information content (AvgIpc) is 2.96. The van der Waals surface area contributed by atoms with Crippen LogP contribution in [-0.2, 0) is 6.54 Å². The molecule has 0 aliphatic heterocycles. The van der Waals surface area contributed by atoms with E-state index in [0.717, 1.165) is 18.2 Å². The van der Waals surface area contributed by atoms with E-state index in [1.165, 1.54) is 43.4 Å². The predicted octanol–water partition coefficient (Wildman–Crippen LogP) is 2.51. The van der Waals surface area contributed by atoms with E-state index >= 15 is 0 Å². The van der Waals surface area contributed by atoms with Crippen LogP contribution in [0.5, 0.6) is 0 Å². The Morgan fingerprint density at radius 2 is 2.29 bits per heavy atom. The predicted molar refractivity (Wildman–Crippen MR) is 67.4 cm³/mol. The molecular formula is C12H18N2O2S. The van der Waals surface area contributed by atoms with E-state index < -0.39 is 5.97 Å². The quantitative estimate of drug-likeness (QED) is 0.766. The monoisotopic (exact) mass is 254 g/mol. The molecule has 17 heavy (non-hydrogen) atoms. The lowest BCUT2D eigenvalue weighted by atomic mass is 10.0. The van der Waals surface area contributed by atoms with Crippen LogP contribution in [0.1, 0.15) is 47.6 Å². The van der Waals surface area contributed by atoms with Gasteiger partial charge in [0.1, 0.15) is 0 Å². The van der Waals surface area contributed by atoms with Gasteiger partial charge in [0, 0.05) is 11.9 Å². The van der Waals surface area contributed by atoms with Gasteiger partial charge < -0.3 is 10.4 Å². The Labute approximate surface area is 105 Å². The first-order chi connectivity index (χ1) is 8.25. The molecule has 1 saturated carbocycles. The molecule has 0 unspecified atom stereocenters. The molecule has 0 saturated heterocycles. The Morgan fingerprint density at radius 1 is 1.53 bits per heavy atom. The number of hydrogen-bond donors (Lipinski definition) is 2. The van der Waals surface area contributed by atoms with Crippen molar-refractivity contribution in [2.45, 2.75) is 38.6 Å². The molecule has 0 atom stereocenters. The van der Waals surface area contributed by atoms with Crippen LogP contribution >= 0.6 is 11.3 Å². The maximum Gasteiger partial charge on any atom is 0.365 e. The third-order valence-electron chi connectivity index (χ3n) is 3.24. The molecule has 0 amide bonds.